The van der Waals surface area contributed by atoms with Crippen LogP contribution >= 0.6 is 11.8 Å². The molecule has 1 nitrogen and oxygen atoms in total. The Morgan fingerprint density at radius 3 is 2.86 bits per heavy atom. The molecule has 0 amide bonds. The molecule has 1 aromatic rings. The molecule has 1 aromatic carbocycles. The van der Waals surface area contributed by atoms with Crippen molar-refractivity contribution in [3.05, 3.63) is 42.7 Å². The normalized spacial score (nSPS) is 9.79. The highest BCUT2D eigenvalue weighted by atomic mass is 32.2. The van der Waals surface area contributed by atoms with Crippen LogP contribution in [0.2, 0.25) is 0 Å². The van der Waals surface area contributed by atoms with Crippen LogP contribution in [-0.2, 0) is 4.79 Å². The lowest BCUT2D eigenvalue weighted by atomic mass is 10.3. The maximum Gasteiger partial charge on any atom is 0.146 e. The van der Waals surface area contributed by atoms with Gasteiger partial charge in [-0.25, -0.2) is 4.39 Å². The highest BCUT2D eigenvalue weighted by Crippen LogP contribution is 2.21. The zero-order chi connectivity index (χ0) is 10.4. The van der Waals surface area contributed by atoms with E-state index in [0.29, 0.717) is 17.1 Å². The molecule has 0 fully saturated rings. The van der Waals surface area contributed by atoms with E-state index in [4.69, 9.17) is 0 Å². The molecule has 1 rings (SSSR count). The van der Waals surface area contributed by atoms with Crippen molar-refractivity contribution in [3.8, 4) is 0 Å². The highest BCUT2D eigenvalue weighted by molar-refractivity contribution is 8.00. The lowest BCUT2D eigenvalue weighted by Gasteiger charge is -2.00. The number of hydrogen-bond donors (Lipinski definition) is 0. The Hall–Kier alpha value is -1.09. The lowest BCUT2D eigenvalue weighted by Crippen LogP contribution is -1.99. The molecule has 0 saturated heterocycles. The van der Waals surface area contributed by atoms with Gasteiger partial charge < -0.3 is 0 Å². The lowest BCUT2D eigenvalue weighted by molar-refractivity contribution is -0.115. The number of carbonyl (C=O) groups excluding carboxylic acids is 1. The third-order valence-electron chi connectivity index (χ3n) is 1.60. The van der Waals surface area contributed by atoms with Crippen molar-refractivity contribution in [2.24, 2.45) is 0 Å². The first-order chi connectivity index (χ1) is 6.74. The highest BCUT2D eigenvalue weighted by Gasteiger charge is 2.04. The van der Waals surface area contributed by atoms with E-state index in [0.717, 1.165) is 0 Å². The van der Waals surface area contributed by atoms with Gasteiger partial charge in [-0.1, -0.05) is 18.2 Å². The van der Waals surface area contributed by atoms with Crippen LogP contribution in [0.25, 0.3) is 0 Å². The number of allylic oxidation sites excluding steroid dienone is 1. The van der Waals surface area contributed by atoms with Gasteiger partial charge in [-0.05, 0) is 12.1 Å². The van der Waals surface area contributed by atoms with Gasteiger partial charge in [0.2, 0.25) is 0 Å². The maximum absolute atomic E-state index is 13.1. The van der Waals surface area contributed by atoms with Gasteiger partial charge in [-0.3, -0.25) is 4.79 Å². The number of benzene rings is 1. The Labute approximate surface area is 87.0 Å². The molecule has 74 valence electrons. The van der Waals surface area contributed by atoms with Crippen molar-refractivity contribution in [1.29, 1.82) is 0 Å². The van der Waals surface area contributed by atoms with Gasteiger partial charge in [-0.15, -0.1) is 18.3 Å². The Kier molecular flexibility index (Phi) is 4.40. The number of ketones is 1. The van der Waals surface area contributed by atoms with Crippen molar-refractivity contribution in [2.75, 3.05) is 5.75 Å². The molecular formula is C11H11FOS. The first-order valence-corrected chi connectivity index (χ1v) is 5.22. The van der Waals surface area contributed by atoms with Crippen molar-refractivity contribution in [1.82, 2.24) is 0 Å². The summed E-state index contributed by atoms with van der Waals surface area (Å²) in [6.07, 6.45) is 1.91. The summed E-state index contributed by atoms with van der Waals surface area (Å²) in [6.45, 7) is 3.47. The second-order valence-corrected chi connectivity index (χ2v) is 3.77. The second-order valence-electron chi connectivity index (χ2n) is 2.75. The topological polar surface area (TPSA) is 17.1 Å². The van der Waals surface area contributed by atoms with Crippen molar-refractivity contribution in [3.63, 3.8) is 0 Å². The molecule has 0 radical (unpaired) electrons. The van der Waals surface area contributed by atoms with Gasteiger partial charge in [0.25, 0.3) is 0 Å². The molecule has 0 aliphatic heterocycles. The zero-order valence-corrected chi connectivity index (χ0v) is 8.52. The van der Waals surface area contributed by atoms with E-state index in [-0.39, 0.29) is 11.6 Å². The molecule has 0 N–H and O–H groups in total. The molecule has 0 atom stereocenters. The zero-order valence-electron chi connectivity index (χ0n) is 7.70. The van der Waals surface area contributed by atoms with Crippen LogP contribution in [0, 0.1) is 5.82 Å². The Morgan fingerprint density at radius 1 is 1.50 bits per heavy atom. The summed E-state index contributed by atoms with van der Waals surface area (Å²) in [7, 11) is 0. The Morgan fingerprint density at radius 2 is 2.21 bits per heavy atom. The Balaban J connectivity index is 2.49. The van der Waals surface area contributed by atoms with Crippen molar-refractivity contribution in [2.45, 2.75) is 11.3 Å². The monoisotopic (exact) mass is 210 g/mol. The van der Waals surface area contributed by atoms with Gasteiger partial charge in [0.15, 0.2) is 0 Å². The molecule has 0 aliphatic carbocycles. The standard InChI is InChI=1S/C11H11FOS/c1-2-5-9(13)8-14-11-7-4-3-6-10(11)12/h2-4,6-7H,1,5,8H2. The number of thioether (sulfide) groups is 1. The number of halogens is 1. The number of Topliss-reactive ketones (excluding diaryl/α,β-unsaturated/α-hetero) is 1. The van der Waals surface area contributed by atoms with E-state index < -0.39 is 0 Å². The number of carbonyl (C=O) groups is 1. The van der Waals surface area contributed by atoms with E-state index in [1.807, 2.05) is 0 Å². The van der Waals surface area contributed by atoms with E-state index >= 15 is 0 Å². The quantitative estimate of drug-likeness (QED) is 0.549. The van der Waals surface area contributed by atoms with Crippen LogP contribution in [0.1, 0.15) is 6.42 Å². The van der Waals surface area contributed by atoms with Crippen LogP contribution < -0.4 is 0 Å². The van der Waals surface area contributed by atoms with Crippen LogP contribution in [0.3, 0.4) is 0 Å². The molecule has 0 heterocycles. The van der Waals surface area contributed by atoms with E-state index in [1.54, 1.807) is 24.3 Å². The smallest absolute Gasteiger partial charge is 0.146 e. The van der Waals surface area contributed by atoms with Crippen LogP contribution in [0.5, 0.6) is 0 Å². The molecule has 0 aliphatic rings. The summed E-state index contributed by atoms with van der Waals surface area (Å²) in [4.78, 5) is 11.6. The largest absolute Gasteiger partial charge is 0.298 e. The first kappa shape index (κ1) is 11.0. The average molecular weight is 210 g/mol. The fourth-order valence-electron chi connectivity index (χ4n) is 0.940. The fourth-order valence-corrected chi connectivity index (χ4v) is 1.76. The first-order valence-electron chi connectivity index (χ1n) is 4.24. The van der Waals surface area contributed by atoms with Gasteiger partial charge in [-0.2, -0.15) is 0 Å². The third-order valence-corrected chi connectivity index (χ3v) is 2.71. The third kappa shape index (κ3) is 3.34. The molecule has 3 heteroatoms. The summed E-state index contributed by atoms with van der Waals surface area (Å²) < 4.78 is 13.1. The predicted octanol–water partition coefficient (Wildman–Crippen LogP) is 3.06. The minimum atomic E-state index is -0.274. The summed E-state index contributed by atoms with van der Waals surface area (Å²) in [6, 6.07) is 6.44. The number of hydrogen-bond acceptors (Lipinski definition) is 2. The average Bonchev–Trinajstić information content (AvgIpc) is 2.17. The van der Waals surface area contributed by atoms with Crippen LogP contribution in [0.4, 0.5) is 4.39 Å². The molecule has 0 bridgehead atoms. The molecular weight excluding hydrogens is 199 g/mol. The molecule has 0 aromatic heterocycles. The minimum Gasteiger partial charge on any atom is -0.298 e. The van der Waals surface area contributed by atoms with Crippen molar-refractivity contribution >= 4 is 17.5 Å². The maximum atomic E-state index is 13.1. The van der Waals surface area contributed by atoms with E-state index in [9.17, 15) is 9.18 Å². The van der Waals surface area contributed by atoms with E-state index in [1.165, 1.54) is 17.8 Å². The molecule has 0 saturated carbocycles. The summed E-state index contributed by atoms with van der Waals surface area (Å²) >= 11 is 1.22. The van der Waals surface area contributed by atoms with Gasteiger partial charge in [0.1, 0.15) is 11.6 Å². The summed E-state index contributed by atoms with van der Waals surface area (Å²) in [5.41, 5.74) is 0. The second kappa shape index (κ2) is 5.60. The molecule has 14 heavy (non-hydrogen) atoms. The van der Waals surface area contributed by atoms with Crippen molar-refractivity contribution < 1.29 is 9.18 Å². The van der Waals surface area contributed by atoms with Crippen LogP contribution in [-0.4, -0.2) is 11.5 Å². The van der Waals surface area contributed by atoms with Gasteiger partial charge in [0, 0.05) is 11.3 Å². The summed E-state index contributed by atoms with van der Waals surface area (Å²) in [5.74, 6) is 0.0876. The van der Waals surface area contributed by atoms with Gasteiger partial charge >= 0.3 is 0 Å². The molecule has 0 spiro atoms. The number of rotatable bonds is 5. The predicted molar refractivity (Wildman–Crippen MR) is 56.9 cm³/mol. The SMILES string of the molecule is C=CCC(=O)CSc1ccccc1F. The Bertz CT molecular complexity index is 336. The minimum absolute atomic E-state index is 0.0632. The molecule has 0 unspecified atom stereocenters. The summed E-state index contributed by atoms with van der Waals surface area (Å²) in [5, 5.41) is 0. The van der Waals surface area contributed by atoms with Gasteiger partial charge in [0.05, 0.1) is 5.75 Å². The fraction of sp³-hybridized carbons (Fsp3) is 0.182. The van der Waals surface area contributed by atoms with E-state index in [2.05, 4.69) is 6.58 Å². The van der Waals surface area contributed by atoms with Crippen LogP contribution in [0.15, 0.2) is 41.8 Å².